The predicted molar refractivity (Wildman–Crippen MR) is 113 cm³/mol. The van der Waals surface area contributed by atoms with E-state index in [0.29, 0.717) is 6.61 Å². The van der Waals surface area contributed by atoms with Crippen molar-refractivity contribution in [1.29, 1.82) is 0 Å². The van der Waals surface area contributed by atoms with Gasteiger partial charge in [0, 0.05) is 12.7 Å². The van der Waals surface area contributed by atoms with Crippen molar-refractivity contribution in [3.63, 3.8) is 0 Å². The van der Waals surface area contributed by atoms with Crippen molar-refractivity contribution >= 4 is 21.5 Å². The second-order valence-corrected chi connectivity index (χ2v) is 7.08. The van der Waals surface area contributed by atoms with Gasteiger partial charge in [0.2, 0.25) is 0 Å². The average molecular weight is 356 g/mol. The van der Waals surface area contributed by atoms with Gasteiger partial charge >= 0.3 is 0 Å². The molecule has 0 saturated heterocycles. The largest absolute Gasteiger partial charge is 0.490 e. The molecule has 2 nitrogen and oxygen atoms in total. The van der Waals surface area contributed by atoms with Crippen molar-refractivity contribution in [2.75, 3.05) is 7.11 Å². The van der Waals surface area contributed by atoms with Gasteiger partial charge in [0.05, 0.1) is 12.7 Å². The summed E-state index contributed by atoms with van der Waals surface area (Å²) in [5.74, 6) is 0.914. The van der Waals surface area contributed by atoms with E-state index in [9.17, 15) is 0 Å². The fourth-order valence-electron chi connectivity index (χ4n) is 3.75. The van der Waals surface area contributed by atoms with Crippen molar-refractivity contribution in [3.05, 3.63) is 78.4 Å². The third-order valence-corrected chi connectivity index (χ3v) is 4.82. The molecule has 4 rings (SSSR count). The predicted octanol–water partition coefficient (Wildman–Crippen LogP) is 6.59. The zero-order valence-corrected chi connectivity index (χ0v) is 16.0. The molecule has 0 atom stereocenters. The van der Waals surface area contributed by atoms with Crippen LogP contribution >= 0.6 is 0 Å². The third-order valence-electron chi connectivity index (χ3n) is 4.82. The Balaban J connectivity index is 2.14. The molecule has 4 aromatic rings. The van der Waals surface area contributed by atoms with Crippen LogP contribution in [0.5, 0.6) is 5.75 Å². The summed E-state index contributed by atoms with van der Waals surface area (Å²) in [4.78, 5) is 0. The highest BCUT2D eigenvalue weighted by Gasteiger charge is 2.18. The number of benzene rings is 4. The first kappa shape index (κ1) is 17.6. The van der Waals surface area contributed by atoms with Crippen molar-refractivity contribution < 1.29 is 9.47 Å². The summed E-state index contributed by atoms with van der Waals surface area (Å²) >= 11 is 0. The van der Waals surface area contributed by atoms with Gasteiger partial charge in [0.25, 0.3) is 0 Å². The highest BCUT2D eigenvalue weighted by molar-refractivity contribution is 6.08. The van der Waals surface area contributed by atoms with E-state index in [4.69, 9.17) is 9.47 Å². The van der Waals surface area contributed by atoms with Gasteiger partial charge in [-0.05, 0) is 52.6 Å². The standard InChI is InChI=1S/C25H24O2/c1-17(2)27-23-15-14-19-9-5-7-11-22(19)25(23)24-20(16-26-3)13-12-18-8-4-6-10-21(18)24/h4-15,17H,16H2,1-3H3. The van der Waals surface area contributed by atoms with E-state index in [1.54, 1.807) is 7.11 Å². The molecule has 27 heavy (non-hydrogen) atoms. The van der Waals surface area contributed by atoms with Crippen LogP contribution in [0.25, 0.3) is 32.7 Å². The molecule has 0 fully saturated rings. The Labute approximate surface area is 160 Å². The highest BCUT2D eigenvalue weighted by atomic mass is 16.5. The quantitative estimate of drug-likeness (QED) is 0.401. The molecular formula is C25H24O2. The number of hydrogen-bond donors (Lipinski definition) is 0. The van der Waals surface area contributed by atoms with Gasteiger partial charge in [-0.25, -0.2) is 0 Å². The van der Waals surface area contributed by atoms with E-state index >= 15 is 0 Å². The summed E-state index contributed by atoms with van der Waals surface area (Å²) in [5, 5.41) is 4.84. The van der Waals surface area contributed by atoms with Crippen molar-refractivity contribution in [2.45, 2.75) is 26.6 Å². The van der Waals surface area contributed by atoms with Crippen LogP contribution in [0.3, 0.4) is 0 Å². The number of rotatable bonds is 5. The molecule has 0 aromatic heterocycles. The lowest BCUT2D eigenvalue weighted by Crippen LogP contribution is -2.07. The van der Waals surface area contributed by atoms with Crippen molar-refractivity contribution in [2.24, 2.45) is 0 Å². The fraction of sp³-hybridized carbons (Fsp3) is 0.200. The minimum Gasteiger partial charge on any atom is -0.490 e. The molecule has 0 spiro atoms. The molecule has 0 heterocycles. The Hall–Kier alpha value is -2.84. The molecule has 0 radical (unpaired) electrons. The SMILES string of the molecule is COCc1ccc2ccccc2c1-c1c(OC(C)C)ccc2ccccc12. The molecule has 0 N–H and O–H groups in total. The van der Waals surface area contributed by atoms with Crippen molar-refractivity contribution in [3.8, 4) is 16.9 Å². The van der Waals surface area contributed by atoms with Gasteiger partial charge in [-0.2, -0.15) is 0 Å². The Morgan fingerprint density at radius 1 is 0.704 bits per heavy atom. The van der Waals surface area contributed by atoms with Gasteiger partial charge in [-0.3, -0.25) is 0 Å². The first-order valence-electron chi connectivity index (χ1n) is 9.37. The third kappa shape index (κ3) is 3.29. The van der Waals surface area contributed by atoms with E-state index in [-0.39, 0.29) is 6.10 Å². The molecule has 0 bridgehead atoms. The monoisotopic (exact) mass is 356 g/mol. The van der Waals surface area contributed by atoms with Crippen molar-refractivity contribution in [1.82, 2.24) is 0 Å². The molecule has 4 aromatic carbocycles. The van der Waals surface area contributed by atoms with Crippen LogP contribution in [0.15, 0.2) is 72.8 Å². The van der Waals surface area contributed by atoms with Crippen LogP contribution in [0.4, 0.5) is 0 Å². The van der Waals surface area contributed by atoms with E-state index in [2.05, 4.69) is 86.6 Å². The summed E-state index contributed by atoms with van der Waals surface area (Å²) in [6.07, 6.45) is 0.103. The Kier molecular flexibility index (Phi) is 4.83. The molecule has 0 saturated carbocycles. The maximum Gasteiger partial charge on any atom is 0.128 e. The number of fused-ring (bicyclic) bond motifs is 2. The molecule has 2 heteroatoms. The molecule has 0 aliphatic rings. The first-order chi connectivity index (χ1) is 13.2. The number of hydrogen-bond acceptors (Lipinski definition) is 2. The highest BCUT2D eigenvalue weighted by Crippen LogP contribution is 2.43. The maximum atomic E-state index is 6.25. The summed E-state index contributed by atoms with van der Waals surface area (Å²) < 4.78 is 11.8. The second-order valence-electron chi connectivity index (χ2n) is 7.08. The molecule has 136 valence electrons. The lowest BCUT2D eigenvalue weighted by atomic mass is 9.89. The van der Waals surface area contributed by atoms with Gasteiger partial charge in [-0.15, -0.1) is 0 Å². The van der Waals surface area contributed by atoms with Crippen LogP contribution in [0.2, 0.25) is 0 Å². The zero-order chi connectivity index (χ0) is 18.8. The molecule has 0 amide bonds. The maximum absolute atomic E-state index is 6.25. The second kappa shape index (κ2) is 7.42. The molecule has 0 unspecified atom stereocenters. The van der Waals surface area contributed by atoms with Crippen LogP contribution in [-0.2, 0) is 11.3 Å². The lowest BCUT2D eigenvalue weighted by molar-refractivity contribution is 0.185. The fourth-order valence-corrected chi connectivity index (χ4v) is 3.75. The minimum absolute atomic E-state index is 0.103. The number of ether oxygens (including phenoxy) is 2. The van der Waals surface area contributed by atoms with Crippen LogP contribution in [0.1, 0.15) is 19.4 Å². The lowest BCUT2D eigenvalue weighted by Gasteiger charge is -2.20. The topological polar surface area (TPSA) is 18.5 Å². The first-order valence-corrected chi connectivity index (χ1v) is 9.37. The van der Waals surface area contributed by atoms with Gasteiger partial charge in [0.1, 0.15) is 5.75 Å². The summed E-state index contributed by atoms with van der Waals surface area (Å²) in [6, 6.07) is 25.6. The average Bonchev–Trinajstić information content (AvgIpc) is 2.68. The summed E-state index contributed by atoms with van der Waals surface area (Å²) in [5.41, 5.74) is 3.51. The zero-order valence-electron chi connectivity index (χ0n) is 16.0. The van der Waals surface area contributed by atoms with Gasteiger partial charge < -0.3 is 9.47 Å². The van der Waals surface area contributed by atoms with Crippen LogP contribution in [0, 0.1) is 0 Å². The Morgan fingerprint density at radius 2 is 1.30 bits per heavy atom. The minimum atomic E-state index is 0.103. The van der Waals surface area contributed by atoms with Gasteiger partial charge in [-0.1, -0.05) is 66.7 Å². The summed E-state index contributed by atoms with van der Waals surface area (Å²) in [7, 11) is 1.74. The molecule has 0 aliphatic carbocycles. The van der Waals surface area contributed by atoms with Crippen LogP contribution < -0.4 is 4.74 Å². The summed E-state index contributed by atoms with van der Waals surface area (Å²) in [6.45, 7) is 4.70. The number of methoxy groups -OCH3 is 1. The van der Waals surface area contributed by atoms with Crippen LogP contribution in [-0.4, -0.2) is 13.2 Å². The smallest absolute Gasteiger partial charge is 0.128 e. The van der Waals surface area contributed by atoms with E-state index in [1.807, 2.05) is 0 Å². The normalized spacial score (nSPS) is 11.4. The Bertz CT molecular complexity index is 1100. The Morgan fingerprint density at radius 3 is 1.93 bits per heavy atom. The van der Waals surface area contributed by atoms with E-state index in [0.717, 1.165) is 11.3 Å². The van der Waals surface area contributed by atoms with Gasteiger partial charge in [0.15, 0.2) is 0 Å². The molecular weight excluding hydrogens is 332 g/mol. The van der Waals surface area contributed by atoms with E-state index in [1.165, 1.54) is 32.7 Å². The molecule has 0 aliphatic heterocycles. The van der Waals surface area contributed by atoms with E-state index < -0.39 is 0 Å².